The Morgan fingerprint density at radius 2 is 2.50 bits per heavy atom. The Bertz CT molecular complexity index is 324. The maximum absolute atomic E-state index is 11.1. The summed E-state index contributed by atoms with van der Waals surface area (Å²) >= 11 is 1.36. The molecule has 0 aliphatic rings. The van der Waals surface area contributed by atoms with E-state index < -0.39 is 5.97 Å². The number of carbonyl (C=O) groups is 1. The molecule has 0 amide bonds. The Morgan fingerprint density at radius 3 is 3.00 bits per heavy atom. The van der Waals surface area contributed by atoms with Gasteiger partial charge in [-0.3, -0.25) is 0 Å². The molecule has 0 radical (unpaired) electrons. The fourth-order valence-electron chi connectivity index (χ4n) is 0.713. The van der Waals surface area contributed by atoms with Gasteiger partial charge in [0.2, 0.25) is 0 Å². The van der Waals surface area contributed by atoms with E-state index in [1.165, 1.54) is 11.3 Å². The zero-order valence-corrected chi connectivity index (χ0v) is 7.35. The van der Waals surface area contributed by atoms with Gasteiger partial charge in [-0.15, -0.1) is 11.3 Å². The van der Waals surface area contributed by atoms with Gasteiger partial charge >= 0.3 is 5.97 Å². The molecule has 0 spiro atoms. The summed E-state index contributed by atoms with van der Waals surface area (Å²) in [6.45, 7) is 1.72. The Labute approximate surface area is 74.2 Å². The number of rotatable bonds is 2. The Kier molecular flexibility index (Phi) is 2.83. The third-order valence-corrected chi connectivity index (χ3v) is 2.19. The first-order valence-electron chi connectivity index (χ1n) is 3.34. The molecule has 1 heterocycles. The summed E-state index contributed by atoms with van der Waals surface area (Å²) in [5, 5.41) is 8.14. The van der Waals surface area contributed by atoms with Gasteiger partial charge in [-0.2, -0.15) is 5.26 Å². The number of hydrogen-bond acceptors (Lipinski definition) is 4. The number of ether oxygens (including phenoxy) is 1. The van der Waals surface area contributed by atoms with Gasteiger partial charge in [-0.1, -0.05) is 0 Å². The van der Waals surface area contributed by atoms with Gasteiger partial charge in [0.1, 0.15) is 10.9 Å². The van der Waals surface area contributed by atoms with E-state index in [2.05, 4.69) is 4.74 Å². The van der Waals surface area contributed by atoms with E-state index in [9.17, 15) is 4.79 Å². The Balaban J connectivity index is 2.61. The molecule has 62 valence electrons. The van der Waals surface area contributed by atoms with Crippen LogP contribution in [0.5, 0.6) is 0 Å². The molecule has 0 saturated carbocycles. The summed E-state index contributed by atoms with van der Waals surface area (Å²) in [7, 11) is 0. The topological polar surface area (TPSA) is 50.1 Å². The van der Waals surface area contributed by atoms with Crippen molar-refractivity contribution in [2.24, 2.45) is 0 Å². The quantitative estimate of drug-likeness (QED) is 0.653. The van der Waals surface area contributed by atoms with Crippen molar-refractivity contribution in [1.82, 2.24) is 0 Å². The number of esters is 1. The Morgan fingerprint density at radius 1 is 1.75 bits per heavy atom. The van der Waals surface area contributed by atoms with Crippen LogP contribution in [0.4, 0.5) is 0 Å². The van der Waals surface area contributed by atoms with Crippen LogP contribution in [-0.2, 0) is 4.74 Å². The van der Waals surface area contributed by atoms with Gasteiger partial charge in [0, 0.05) is 4.88 Å². The Hall–Kier alpha value is -1.34. The van der Waals surface area contributed by atoms with E-state index in [-0.39, 0.29) is 6.61 Å². The van der Waals surface area contributed by atoms with Crippen LogP contribution in [0.3, 0.4) is 0 Å². The lowest BCUT2D eigenvalue weighted by atomic mass is 10.4. The predicted octanol–water partition coefficient (Wildman–Crippen LogP) is 1.74. The molecule has 0 saturated heterocycles. The van der Waals surface area contributed by atoms with E-state index in [4.69, 9.17) is 5.26 Å². The smallest absolute Gasteiger partial charge is 0.349 e. The molecule has 3 nitrogen and oxygen atoms in total. The zero-order chi connectivity index (χ0) is 8.97. The van der Waals surface area contributed by atoms with Crippen molar-refractivity contribution < 1.29 is 9.53 Å². The molecule has 0 unspecified atom stereocenters. The summed E-state index contributed by atoms with van der Waals surface area (Å²) < 4.78 is 4.60. The third-order valence-electron chi connectivity index (χ3n) is 1.21. The monoisotopic (exact) mass is 181 g/mol. The molecule has 0 atom stereocenters. The largest absolute Gasteiger partial charge is 0.446 e. The molecular formula is C8H7NO2S. The van der Waals surface area contributed by atoms with Crippen molar-refractivity contribution in [2.45, 2.75) is 6.92 Å². The number of aryl methyl sites for hydroxylation is 1. The number of thiophene rings is 1. The molecule has 1 rings (SSSR count). The van der Waals surface area contributed by atoms with E-state index in [1.807, 2.05) is 13.0 Å². The van der Waals surface area contributed by atoms with E-state index >= 15 is 0 Å². The first kappa shape index (κ1) is 8.75. The van der Waals surface area contributed by atoms with Crippen molar-refractivity contribution >= 4 is 17.3 Å². The fourth-order valence-corrected chi connectivity index (χ4v) is 1.47. The van der Waals surface area contributed by atoms with Crippen molar-refractivity contribution in [3.05, 3.63) is 21.9 Å². The lowest BCUT2D eigenvalue weighted by Crippen LogP contribution is -2.02. The zero-order valence-electron chi connectivity index (χ0n) is 6.53. The summed E-state index contributed by atoms with van der Waals surface area (Å²) in [5.74, 6) is -0.422. The minimum Gasteiger partial charge on any atom is -0.446 e. The van der Waals surface area contributed by atoms with Crippen LogP contribution in [0.15, 0.2) is 12.1 Å². The second-order valence-electron chi connectivity index (χ2n) is 2.14. The molecule has 0 aliphatic carbocycles. The molecule has 1 aromatic heterocycles. The highest BCUT2D eigenvalue weighted by atomic mass is 32.1. The molecule has 12 heavy (non-hydrogen) atoms. The first-order chi connectivity index (χ1) is 5.74. The number of hydrogen-bond donors (Lipinski definition) is 0. The van der Waals surface area contributed by atoms with Crippen molar-refractivity contribution in [3.63, 3.8) is 0 Å². The van der Waals surface area contributed by atoms with Crippen LogP contribution in [-0.4, -0.2) is 12.6 Å². The lowest BCUT2D eigenvalue weighted by Gasteiger charge is -1.94. The third kappa shape index (κ3) is 2.07. The average molecular weight is 181 g/mol. The average Bonchev–Trinajstić information content (AvgIpc) is 2.47. The molecule has 0 aliphatic heterocycles. The first-order valence-corrected chi connectivity index (χ1v) is 4.16. The van der Waals surface area contributed by atoms with Crippen LogP contribution >= 0.6 is 11.3 Å². The summed E-state index contributed by atoms with van der Waals surface area (Å²) in [6.07, 6.45) is 0. The van der Waals surface area contributed by atoms with Crippen molar-refractivity contribution in [1.29, 1.82) is 5.26 Å². The molecular weight excluding hydrogens is 174 g/mol. The molecule has 0 N–H and O–H groups in total. The molecule has 0 fully saturated rings. The van der Waals surface area contributed by atoms with Gasteiger partial charge in [-0.05, 0) is 19.1 Å². The number of carbonyl (C=O) groups excluding carboxylic acids is 1. The molecule has 0 bridgehead atoms. The SMILES string of the molecule is Cc1ccc(C(=O)OCC#N)s1. The summed E-state index contributed by atoms with van der Waals surface area (Å²) in [5.41, 5.74) is 0. The predicted molar refractivity (Wildman–Crippen MR) is 45.0 cm³/mol. The highest BCUT2D eigenvalue weighted by Gasteiger charge is 2.08. The maximum Gasteiger partial charge on any atom is 0.349 e. The van der Waals surface area contributed by atoms with Crippen LogP contribution in [0.1, 0.15) is 14.5 Å². The summed E-state index contributed by atoms with van der Waals surface area (Å²) in [4.78, 5) is 12.7. The van der Waals surface area contributed by atoms with Gasteiger partial charge in [0.25, 0.3) is 0 Å². The maximum atomic E-state index is 11.1. The second-order valence-corrected chi connectivity index (χ2v) is 3.43. The van der Waals surface area contributed by atoms with Crippen LogP contribution < -0.4 is 0 Å². The standard InChI is InChI=1S/C8H7NO2S/c1-6-2-3-7(12-6)8(10)11-5-4-9/h2-3H,5H2,1H3. The minimum atomic E-state index is -0.422. The lowest BCUT2D eigenvalue weighted by molar-refractivity contribution is 0.0560. The van der Waals surface area contributed by atoms with Gasteiger partial charge in [0.05, 0.1) is 0 Å². The van der Waals surface area contributed by atoms with Crippen molar-refractivity contribution in [3.8, 4) is 6.07 Å². The number of nitrogens with zero attached hydrogens (tertiary/aromatic N) is 1. The van der Waals surface area contributed by atoms with Crippen molar-refractivity contribution in [2.75, 3.05) is 6.61 Å². The minimum absolute atomic E-state index is 0.185. The normalized spacial score (nSPS) is 9.00. The molecule has 1 aromatic rings. The van der Waals surface area contributed by atoms with Gasteiger partial charge in [-0.25, -0.2) is 4.79 Å². The molecule has 0 aromatic carbocycles. The second kappa shape index (κ2) is 3.88. The fraction of sp³-hybridized carbons (Fsp3) is 0.250. The van der Waals surface area contributed by atoms with Crippen LogP contribution in [0.2, 0.25) is 0 Å². The van der Waals surface area contributed by atoms with Gasteiger partial charge < -0.3 is 4.74 Å². The molecule has 4 heteroatoms. The highest BCUT2D eigenvalue weighted by molar-refractivity contribution is 7.13. The van der Waals surface area contributed by atoms with E-state index in [0.717, 1.165) is 4.88 Å². The van der Waals surface area contributed by atoms with E-state index in [1.54, 1.807) is 12.1 Å². The van der Waals surface area contributed by atoms with Crippen LogP contribution in [0, 0.1) is 18.3 Å². The van der Waals surface area contributed by atoms with Gasteiger partial charge in [0.15, 0.2) is 6.61 Å². The number of nitriles is 1. The summed E-state index contributed by atoms with van der Waals surface area (Å²) in [6, 6.07) is 5.27. The van der Waals surface area contributed by atoms with Crippen LogP contribution in [0.25, 0.3) is 0 Å². The highest BCUT2D eigenvalue weighted by Crippen LogP contribution is 2.15. The van der Waals surface area contributed by atoms with E-state index in [0.29, 0.717) is 4.88 Å².